The molecule has 3 N–H and O–H groups in total. The Morgan fingerprint density at radius 3 is 2.18 bits per heavy atom. The maximum atomic E-state index is 12.8. The molecule has 0 saturated heterocycles. The zero-order valence-electron chi connectivity index (χ0n) is 18.8. The summed E-state index contributed by atoms with van der Waals surface area (Å²) in [4.78, 5) is 25.5. The van der Waals surface area contributed by atoms with Gasteiger partial charge in [0.25, 0.3) is 21.8 Å². The van der Waals surface area contributed by atoms with E-state index in [0.717, 1.165) is 0 Å². The minimum Gasteiger partial charge on any atom is -0.352 e. The summed E-state index contributed by atoms with van der Waals surface area (Å²) in [6.45, 7) is 6.24. The van der Waals surface area contributed by atoms with Crippen LogP contribution in [-0.4, -0.2) is 26.8 Å². The van der Waals surface area contributed by atoms with E-state index in [9.17, 15) is 18.0 Å². The Labute approximate surface area is 194 Å². The Kier molecular flexibility index (Phi) is 7.50. The normalized spacial score (nSPS) is 11.2. The van der Waals surface area contributed by atoms with Crippen molar-refractivity contribution < 1.29 is 18.0 Å². The number of anilines is 2. The first-order chi connectivity index (χ1) is 15.7. The van der Waals surface area contributed by atoms with Gasteiger partial charge >= 0.3 is 0 Å². The fourth-order valence-electron chi connectivity index (χ4n) is 3.10. The lowest BCUT2D eigenvalue weighted by Crippen LogP contribution is -2.28. The van der Waals surface area contributed by atoms with E-state index in [4.69, 9.17) is 0 Å². The van der Waals surface area contributed by atoms with Gasteiger partial charge in [-0.1, -0.05) is 44.2 Å². The molecule has 33 heavy (non-hydrogen) atoms. The highest BCUT2D eigenvalue weighted by Crippen LogP contribution is 2.22. The summed E-state index contributed by atoms with van der Waals surface area (Å²) >= 11 is 0. The molecule has 0 aliphatic carbocycles. The van der Waals surface area contributed by atoms with Gasteiger partial charge in [0.05, 0.1) is 21.8 Å². The molecule has 3 rings (SSSR count). The van der Waals surface area contributed by atoms with Gasteiger partial charge in [-0.15, -0.1) is 0 Å². The summed E-state index contributed by atoms with van der Waals surface area (Å²) in [5.41, 5.74) is 2.08. The second-order valence-electron chi connectivity index (χ2n) is 8.05. The Morgan fingerprint density at radius 2 is 1.52 bits per heavy atom. The third-order valence-electron chi connectivity index (χ3n) is 4.88. The van der Waals surface area contributed by atoms with Crippen LogP contribution in [0.15, 0.2) is 77.7 Å². The van der Waals surface area contributed by atoms with E-state index in [2.05, 4.69) is 15.4 Å². The molecule has 0 aromatic heterocycles. The number of amides is 2. The summed E-state index contributed by atoms with van der Waals surface area (Å²) in [6, 6.07) is 19.5. The predicted molar refractivity (Wildman–Crippen MR) is 130 cm³/mol. The van der Waals surface area contributed by atoms with Crippen molar-refractivity contribution >= 4 is 33.2 Å². The molecule has 0 unspecified atom stereocenters. The van der Waals surface area contributed by atoms with Crippen LogP contribution >= 0.6 is 0 Å². The first-order valence-corrected chi connectivity index (χ1v) is 12.0. The molecule has 3 aromatic rings. The molecule has 8 heteroatoms. The van der Waals surface area contributed by atoms with E-state index in [0.29, 0.717) is 40.5 Å². The lowest BCUT2D eigenvalue weighted by Gasteiger charge is -2.14. The van der Waals surface area contributed by atoms with Gasteiger partial charge in [0, 0.05) is 12.1 Å². The fourth-order valence-corrected chi connectivity index (χ4v) is 4.25. The van der Waals surface area contributed by atoms with E-state index in [1.807, 2.05) is 13.8 Å². The van der Waals surface area contributed by atoms with Crippen LogP contribution in [0.25, 0.3) is 0 Å². The second-order valence-corrected chi connectivity index (χ2v) is 9.73. The van der Waals surface area contributed by atoms with E-state index in [-0.39, 0.29) is 10.8 Å². The summed E-state index contributed by atoms with van der Waals surface area (Å²) in [5, 5.41) is 5.63. The minimum atomic E-state index is -3.74. The molecule has 7 nitrogen and oxygen atoms in total. The number of hydrogen-bond donors (Lipinski definition) is 3. The van der Waals surface area contributed by atoms with Crippen molar-refractivity contribution in [2.75, 3.05) is 16.6 Å². The molecular formula is C25H27N3O4S. The average molecular weight is 466 g/mol. The Morgan fingerprint density at radius 1 is 0.848 bits per heavy atom. The maximum Gasteiger partial charge on any atom is 0.261 e. The Hall–Kier alpha value is -3.65. The van der Waals surface area contributed by atoms with Crippen molar-refractivity contribution in [2.24, 2.45) is 5.92 Å². The van der Waals surface area contributed by atoms with Crippen molar-refractivity contribution in [2.45, 2.75) is 25.7 Å². The number of rotatable bonds is 8. The summed E-state index contributed by atoms with van der Waals surface area (Å²) < 4.78 is 27.7. The Balaban J connectivity index is 1.76. The molecular weight excluding hydrogens is 438 g/mol. The summed E-state index contributed by atoms with van der Waals surface area (Å²) in [7, 11) is -3.74. The van der Waals surface area contributed by atoms with Crippen molar-refractivity contribution in [1.29, 1.82) is 0 Å². The van der Waals surface area contributed by atoms with Crippen molar-refractivity contribution in [1.82, 2.24) is 5.32 Å². The van der Waals surface area contributed by atoms with Gasteiger partial charge in [0.15, 0.2) is 0 Å². The first kappa shape index (κ1) is 24.0. The van der Waals surface area contributed by atoms with Gasteiger partial charge in [-0.05, 0) is 60.9 Å². The molecule has 172 valence electrons. The van der Waals surface area contributed by atoms with Crippen LogP contribution in [0.2, 0.25) is 0 Å². The fraction of sp³-hybridized carbons (Fsp3) is 0.200. The van der Waals surface area contributed by atoms with Gasteiger partial charge in [-0.3, -0.25) is 14.3 Å². The number of hydrogen-bond acceptors (Lipinski definition) is 4. The highest BCUT2D eigenvalue weighted by molar-refractivity contribution is 7.92. The van der Waals surface area contributed by atoms with Crippen LogP contribution in [0.1, 0.15) is 40.1 Å². The summed E-state index contributed by atoms with van der Waals surface area (Å²) in [5.74, 6) is -0.363. The molecule has 0 heterocycles. The maximum absolute atomic E-state index is 12.8. The number of aryl methyl sites for hydroxylation is 1. The van der Waals surface area contributed by atoms with Crippen molar-refractivity contribution in [3.63, 3.8) is 0 Å². The monoisotopic (exact) mass is 465 g/mol. The van der Waals surface area contributed by atoms with Gasteiger partial charge in [-0.2, -0.15) is 0 Å². The molecule has 3 aromatic carbocycles. The zero-order chi connectivity index (χ0) is 24.0. The van der Waals surface area contributed by atoms with Crippen LogP contribution in [0.4, 0.5) is 11.4 Å². The van der Waals surface area contributed by atoms with Crippen LogP contribution < -0.4 is 15.4 Å². The van der Waals surface area contributed by atoms with Gasteiger partial charge in [-0.25, -0.2) is 8.42 Å². The molecule has 0 saturated carbocycles. The van der Waals surface area contributed by atoms with Crippen molar-refractivity contribution in [3.8, 4) is 0 Å². The largest absolute Gasteiger partial charge is 0.352 e. The third kappa shape index (κ3) is 6.20. The number of sulfonamides is 1. The smallest absolute Gasteiger partial charge is 0.261 e. The molecule has 0 spiro atoms. The highest BCUT2D eigenvalue weighted by Gasteiger charge is 2.17. The van der Waals surface area contributed by atoms with Gasteiger partial charge in [0.2, 0.25) is 0 Å². The Bertz CT molecular complexity index is 1260. The molecule has 0 atom stereocenters. The molecule has 0 aliphatic rings. The molecule has 0 radical (unpaired) electrons. The molecule has 2 amide bonds. The van der Waals surface area contributed by atoms with Gasteiger partial charge in [0.1, 0.15) is 0 Å². The SMILES string of the molecule is Cc1cc(C(=O)Nc2ccccc2C(=O)NCC(C)C)ccc1NS(=O)(=O)c1ccccc1. The quantitative estimate of drug-likeness (QED) is 0.458. The summed E-state index contributed by atoms with van der Waals surface area (Å²) in [6.07, 6.45) is 0. The average Bonchev–Trinajstić information content (AvgIpc) is 2.79. The number of nitrogens with one attached hydrogen (secondary N) is 3. The van der Waals surface area contributed by atoms with Crippen LogP contribution in [0.3, 0.4) is 0 Å². The second kappa shape index (κ2) is 10.3. The van der Waals surface area contributed by atoms with E-state index >= 15 is 0 Å². The number of benzene rings is 3. The third-order valence-corrected chi connectivity index (χ3v) is 6.26. The number of carbonyl (C=O) groups is 2. The van der Waals surface area contributed by atoms with E-state index in [1.165, 1.54) is 18.2 Å². The highest BCUT2D eigenvalue weighted by atomic mass is 32.2. The van der Waals surface area contributed by atoms with Crippen LogP contribution in [0.5, 0.6) is 0 Å². The molecule has 0 bridgehead atoms. The van der Waals surface area contributed by atoms with E-state index in [1.54, 1.807) is 61.5 Å². The van der Waals surface area contributed by atoms with E-state index < -0.39 is 15.9 Å². The topological polar surface area (TPSA) is 104 Å². The van der Waals surface area contributed by atoms with Gasteiger partial charge < -0.3 is 10.6 Å². The number of carbonyl (C=O) groups excluding carboxylic acids is 2. The zero-order valence-corrected chi connectivity index (χ0v) is 19.6. The lowest BCUT2D eigenvalue weighted by molar-refractivity contribution is 0.0950. The van der Waals surface area contributed by atoms with Crippen molar-refractivity contribution in [3.05, 3.63) is 89.5 Å². The van der Waals surface area contributed by atoms with Crippen LogP contribution in [0, 0.1) is 12.8 Å². The lowest BCUT2D eigenvalue weighted by atomic mass is 10.1. The standard InChI is InChI=1S/C25H27N3O4S/c1-17(2)16-26-25(30)21-11-7-8-12-23(21)27-24(29)19-13-14-22(18(3)15-19)28-33(31,32)20-9-5-4-6-10-20/h4-15,17,28H,16H2,1-3H3,(H,26,30)(H,27,29). The molecule has 0 aliphatic heterocycles. The predicted octanol–water partition coefficient (Wildman–Crippen LogP) is 4.43. The number of para-hydroxylation sites is 1. The minimum absolute atomic E-state index is 0.151. The first-order valence-electron chi connectivity index (χ1n) is 10.5. The molecule has 0 fully saturated rings. The van der Waals surface area contributed by atoms with Crippen LogP contribution in [-0.2, 0) is 10.0 Å².